The third kappa shape index (κ3) is 2.45. The van der Waals surface area contributed by atoms with Crippen LogP contribution in [-0.2, 0) is 6.42 Å². The predicted molar refractivity (Wildman–Crippen MR) is 77.6 cm³/mol. The largest absolute Gasteiger partial charge is 0.469 e. The minimum atomic E-state index is -0.0609. The molecule has 0 aliphatic carbocycles. The summed E-state index contributed by atoms with van der Waals surface area (Å²) in [5.74, 6) is 0.812. The van der Waals surface area contributed by atoms with E-state index in [0.29, 0.717) is 12.0 Å². The van der Waals surface area contributed by atoms with Crippen LogP contribution in [0.25, 0.3) is 10.9 Å². The van der Waals surface area contributed by atoms with Gasteiger partial charge in [-0.1, -0.05) is 6.07 Å². The molecule has 2 aromatic heterocycles. The molecule has 1 amide bonds. The first-order chi connectivity index (χ1) is 9.74. The van der Waals surface area contributed by atoms with E-state index in [1.165, 1.54) is 0 Å². The Morgan fingerprint density at radius 2 is 2.20 bits per heavy atom. The van der Waals surface area contributed by atoms with Crippen molar-refractivity contribution in [2.45, 2.75) is 19.4 Å². The van der Waals surface area contributed by atoms with Crippen LogP contribution in [0, 0.1) is 0 Å². The standard InChI is InChI=1S/C16H16N2O2/c1-11(10-12-4-3-9-20-12)18-16(19)14-5-2-6-15-13(14)7-8-17-15/h2-9,11,17H,10H2,1H3,(H,18,19). The van der Waals surface area contributed by atoms with Crippen LogP contribution in [0.2, 0.25) is 0 Å². The van der Waals surface area contributed by atoms with Gasteiger partial charge in [-0.05, 0) is 37.3 Å². The minimum Gasteiger partial charge on any atom is -0.469 e. The molecule has 0 saturated carbocycles. The van der Waals surface area contributed by atoms with Crippen molar-refractivity contribution in [2.75, 3.05) is 0 Å². The quantitative estimate of drug-likeness (QED) is 0.763. The maximum atomic E-state index is 12.3. The van der Waals surface area contributed by atoms with Gasteiger partial charge in [0.15, 0.2) is 0 Å². The summed E-state index contributed by atoms with van der Waals surface area (Å²) in [4.78, 5) is 15.4. The van der Waals surface area contributed by atoms with Gasteiger partial charge in [-0.25, -0.2) is 0 Å². The summed E-state index contributed by atoms with van der Waals surface area (Å²) >= 11 is 0. The predicted octanol–water partition coefficient (Wildman–Crippen LogP) is 3.12. The lowest BCUT2D eigenvalue weighted by Gasteiger charge is -2.13. The molecule has 20 heavy (non-hydrogen) atoms. The van der Waals surface area contributed by atoms with Gasteiger partial charge < -0.3 is 14.7 Å². The van der Waals surface area contributed by atoms with Crippen LogP contribution in [0.3, 0.4) is 0 Å². The monoisotopic (exact) mass is 268 g/mol. The van der Waals surface area contributed by atoms with Crippen molar-refractivity contribution in [2.24, 2.45) is 0 Å². The van der Waals surface area contributed by atoms with Crippen LogP contribution in [0.15, 0.2) is 53.3 Å². The molecule has 1 aromatic carbocycles. The fourth-order valence-electron chi connectivity index (χ4n) is 2.37. The van der Waals surface area contributed by atoms with Gasteiger partial charge >= 0.3 is 0 Å². The number of carbonyl (C=O) groups excluding carboxylic acids is 1. The molecule has 4 heteroatoms. The molecule has 4 nitrogen and oxygen atoms in total. The number of aromatic nitrogens is 1. The number of rotatable bonds is 4. The van der Waals surface area contributed by atoms with Crippen molar-refractivity contribution in [3.63, 3.8) is 0 Å². The van der Waals surface area contributed by atoms with E-state index in [1.54, 1.807) is 6.26 Å². The molecule has 0 saturated heterocycles. The lowest BCUT2D eigenvalue weighted by atomic mass is 10.1. The molecule has 102 valence electrons. The molecule has 1 atom stereocenters. The van der Waals surface area contributed by atoms with E-state index in [9.17, 15) is 4.79 Å². The van der Waals surface area contributed by atoms with Gasteiger partial charge in [0.25, 0.3) is 5.91 Å². The summed E-state index contributed by atoms with van der Waals surface area (Å²) in [5, 5.41) is 3.94. The number of benzene rings is 1. The summed E-state index contributed by atoms with van der Waals surface area (Å²) < 4.78 is 5.29. The van der Waals surface area contributed by atoms with E-state index < -0.39 is 0 Å². The van der Waals surface area contributed by atoms with Crippen molar-refractivity contribution in [3.05, 3.63) is 60.2 Å². The Morgan fingerprint density at radius 3 is 3.00 bits per heavy atom. The highest BCUT2D eigenvalue weighted by atomic mass is 16.3. The van der Waals surface area contributed by atoms with Crippen LogP contribution in [0.4, 0.5) is 0 Å². The Labute approximate surface area is 116 Å². The van der Waals surface area contributed by atoms with Crippen LogP contribution in [0.1, 0.15) is 23.0 Å². The molecule has 2 N–H and O–H groups in total. The first-order valence-corrected chi connectivity index (χ1v) is 6.63. The number of aromatic amines is 1. The molecule has 0 fully saturated rings. The zero-order valence-electron chi connectivity index (χ0n) is 11.2. The van der Waals surface area contributed by atoms with Crippen molar-refractivity contribution in [1.82, 2.24) is 10.3 Å². The topological polar surface area (TPSA) is 58.0 Å². The lowest BCUT2D eigenvalue weighted by molar-refractivity contribution is 0.0941. The van der Waals surface area contributed by atoms with Gasteiger partial charge in [-0.15, -0.1) is 0 Å². The Bertz CT molecular complexity index is 713. The number of nitrogens with one attached hydrogen (secondary N) is 2. The van der Waals surface area contributed by atoms with Gasteiger partial charge in [0.2, 0.25) is 0 Å². The third-order valence-corrected chi connectivity index (χ3v) is 3.30. The molecular weight excluding hydrogens is 252 g/mol. The smallest absolute Gasteiger partial charge is 0.252 e. The third-order valence-electron chi connectivity index (χ3n) is 3.30. The van der Waals surface area contributed by atoms with Gasteiger partial charge in [0.1, 0.15) is 5.76 Å². The molecule has 0 aliphatic heterocycles. The van der Waals surface area contributed by atoms with E-state index in [0.717, 1.165) is 16.7 Å². The van der Waals surface area contributed by atoms with Crippen LogP contribution in [0.5, 0.6) is 0 Å². The maximum Gasteiger partial charge on any atom is 0.252 e. The Kier molecular flexibility index (Phi) is 3.29. The molecule has 1 unspecified atom stereocenters. The number of fused-ring (bicyclic) bond motifs is 1. The number of amides is 1. The van der Waals surface area contributed by atoms with Crippen LogP contribution < -0.4 is 5.32 Å². The SMILES string of the molecule is CC(Cc1ccco1)NC(=O)c1cccc2[nH]ccc12. The maximum absolute atomic E-state index is 12.3. The summed E-state index contributed by atoms with van der Waals surface area (Å²) in [5.41, 5.74) is 1.66. The summed E-state index contributed by atoms with van der Waals surface area (Å²) in [6.45, 7) is 1.97. The van der Waals surface area contributed by atoms with Crippen LogP contribution >= 0.6 is 0 Å². The highest BCUT2D eigenvalue weighted by Gasteiger charge is 2.14. The molecule has 2 heterocycles. The summed E-state index contributed by atoms with van der Waals surface area (Å²) in [7, 11) is 0. The van der Waals surface area contributed by atoms with Crippen molar-refractivity contribution in [3.8, 4) is 0 Å². The second-order valence-corrected chi connectivity index (χ2v) is 4.90. The van der Waals surface area contributed by atoms with Crippen molar-refractivity contribution < 1.29 is 9.21 Å². The molecule has 0 spiro atoms. The van der Waals surface area contributed by atoms with E-state index in [-0.39, 0.29) is 11.9 Å². The second-order valence-electron chi connectivity index (χ2n) is 4.90. The van der Waals surface area contributed by atoms with E-state index in [1.807, 2.05) is 49.5 Å². The number of hydrogen-bond donors (Lipinski definition) is 2. The molecule has 0 aliphatic rings. The number of furan rings is 1. The molecule has 0 bridgehead atoms. The van der Waals surface area contributed by atoms with Gasteiger partial charge in [0.05, 0.1) is 6.26 Å². The molecule has 3 aromatic rings. The number of carbonyl (C=O) groups is 1. The highest BCUT2D eigenvalue weighted by Crippen LogP contribution is 2.17. The summed E-state index contributed by atoms with van der Waals surface area (Å²) in [6, 6.07) is 11.4. The zero-order chi connectivity index (χ0) is 13.9. The second kappa shape index (κ2) is 5.25. The van der Waals surface area contributed by atoms with Gasteiger partial charge in [-0.2, -0.15) is 0 Å². The average molecular weight is 268 g/mol. The van der Waals surface area contributed by atoms with E-state index in [2.05, 4.69) is 10.3 Å². The molecule has 3 rings (SSSR count). The fourth-order valence-corrected chi connectivity index (χ4v) is 2.37. The Balaban J connectivity index is 1.74. The highest BCUT2D eigenvalue weighted by molar-refractivity contribution is 6.06. The normalized spacial score (nSPS) is 12.4. The Morgan fingerprint density at radius 1 is 1.30 bits per heavy atom. The van der Waals surface area contributed by atoms with Crippen LogP contribution in [-0.4, -0.2) is 16.9 Å². The first kappa shape index (κ1) is 12.5. The number of hydrogen-bond acceptors (Lipinski definition) is 2. The lowest BCUT2D eigenvalue weighted by Crippen LogP contribution is -2.34. The fraction of sp³-hybridized carbons (Fsp3) is 0.188. The minimum absolute atomic E-state index is 0.0165. The number of H-pyrrole nitrogens is 1. The first-order valence-electron chi connectivity index (χ1n) is 6.63. The van der Waals surface area contributed by atoms with Gasteiger partial charge in [-0.3, -0.25) is 4.79 Å². The Hall–Kier alpha value is -2.49. The van der Waals surface area contributed by atoms with Crippen molar-refractivity contribution >= 4 is 16.8 Å². The molecule has 0 radical (unpaired) electrons. The average Bonchev–Trinajstić information content (AvgIpc) is 3.08. The van der Waals surface area contributed by atoms with Gasteiger partial charge in [0, 0.05) is 35.1 Å². The van der Waals surface area contributed by atoms with Crippen molar-refractivity contribution in [1.29, 1.82) is 0 Å². The van der Waals surface area contributed by atoms with E-state index in [4.69, 9.17) is 4.42 Å². The molecular formula is C16H16N2O2. The zero-order valence-corrected chi connectivity index (χ0v) is 11.2. The summed E-state index contributed by atoms with van der Waals surface area (Å²) in [6.07, 6.45) is 4.17. The van der Waals surface area contributed by atoms with E-state index >= 15 is 0 Å².